The van der Waals surface area contributed by atoms with Crippen LogP contribution in [0.15, 0.2) is 48.5 Å². The van der Waals surface area contributed by atoms with Crippen LogP contribution < -0.4 is 34.7 Å². The van der Waals surface area contributed by atoms with Crippen molar-refractivity contribution in [1.29, 1.82) is 0 Å². The van der Waals surface area contributed by atoms with Gasteiger partial charge in [-0.2, -0.15) is 13.2 Å². The summed E-state index contributed by atoms with van der Waals surface area (Å²) >= 11 is 1.32. The second kappa shape index (κ2) is 12.2. The Morgan fingerprint density at radius 1 is 1.03 bits per heavy atom. The monoisotopic (exact) mass is 543 g/mol. The Kier molecular flexibility index (Phi) is 9.24. The van der Waals surface area contributed by atoms with Crippen molar-refractivity contribution in [3.63, 3.8) is 0 Å². The number of rotatable bonds is 6. The average Bonchev–Trinajstić information content (AvgIpc) is 3.03. The van der Waals surface area contributed by atoms with E-state index in [-0.39, 0.29) is 47.3 Å². The van der Waals surface area contributed by atoms with E-state index in [2.05, 4.69) is 6.07 Å². The van der Waals surface area contributed by atoms with Gasteiger partial charge in [0.05, 0.1) is 16.5 Å². The van der Waals surface area contributed by atoms with Gasteiger partial charge in [0.15, 0.2) is 0 Å². The molecule has 1 aromatic heterocycles. The molecule has 0 saturated heterocycles. The van der Waals surface area contributed by atoms with E-state index in [9.17, 15) is 23.1 Å². The van der Waals surface area contributed by atoms with E-state index >= 15 is 0 Å². The quantitative estimate of drug-likeness (QED) is 0.446. The molecule has 0 bridgehead atoms. The Hall–Kier alpha value is -2.32. The van der Waals surface area contributed by atoms with Crippen molar-refractivity contribution >= 4 is 42.0 Å². The fourth-order valence-corrected chi connectivity index (χ4v) is 6.26. The number of pyridine rings is 1. The molecule has 38 heavy (non-hydrogen) atoms. The first-order chi connectivity index (χ1) is 17.8. The van der Waals surface area contributed by atoms with Crippen LogP contribution in [0.4, 0.5) is 13.2 Å². The van der Waals surface area contributed by atoms with E-state index in [1.807, 2.05) is 36.4 Å². The van der Waals surface area contributed by atoms with Crippen molar-refractivity contribution in [1.82, 2.24) is 4.98 Å². The zero-order valence-electron chi connectivity index (χ0n) is 21.1. The number of aliphatic carboxylic acids is 1. The number of hydrogen-bond acceptors (Lipinski definition) is 4. The van der Waals surface area contributed by atoms with Gasteiger partial charge >= 0.3 is 35.7 Å². The normalized spacial score (nSPS) is 16.2. The Labute approximate surface area is 246 Å². The topological polar surface area (TPSA) is 53.0 Å². The van der Waals surface area contributed by atoms with Crippen LogP contribution >= 0.6 is 11.8 Å². The Bertz CT molecular complexity index is 1400. The van der Waals surface area contributed by atoms with Crippen LogP contribution in [0, 0.1) is 0 Å². The molecule has 3 nitrogen and oxygen atoms in total. The molecule has 5 rings (SSSR count). The minimum atomic E-state index is -4.50. The van der Waals surface area contributed by atoms with Gasteiger partial charge in [0, 0.05) is 11.7 Å². The number of carboxylic acid groups (broad SMARTS) is 1. The van der Waals surface area contributed by atoms with Gasteiger partial charge in [-0.3, -0.25) is 4.98 Å². The molecule has 0 N–H and O–H groups in total. The number of carboxylic acids is 1. The van der Waals surface area contributed by atoms with Crippen molar-refractivity contribution in [2.45, 2.75) is 43.5 Å². The number of benzene rings is 2. The third-order valence-corrected chi connectivity index (χ3v) is 8.07. The van der Waals surface area contributed by atoms with Crippen molar-refractivity contribution in [3.8, 4) is 0 Å². The molecule has 2 aromatic carbocycles. The van der Waals surface area contributed by atoms with Crippen molar-refractivity contribution in [2.24, 2.45) is 0 Å². The van der Waals surface area contributed by atoms with Gasteiger partial charge in [-0.15, -0.1) is 11.8 Å². The second-order valence-electron chi connectivity index (χ2n) is 9.28. The van der Waals surface area contributed by atoms with Crippen molar-refractivity contribution < 1.29 is 52.6 Å². The SMILES string of the molecule is O=C([O-])CCSC1c2cc(/C=C/c3ccc4c(n3)CCCC4)ccc2C=Cc2c1cccc2C(F)(F)F.[Na+]. The van der Waals surface area contributed by atoms with Gasteiger partial charge in [-0.1, -0.05) is 48.6 Å². The zero-order valence-corrected chi connectivity index (χ0v) is 23.9. The van der Waals surface area contributed by atoms with E-state index in [1.54, 1.807) is 12.1 Å². The number of aryl methyl sites for hydroxylation is 2. The van der Waals surface area contributed by atoms with E-state index < -0.39 is 23.0 Å². The van der Waals surface area contributed by atoms with Crippen LogP contribution in [0.3, 0.4) is 0 Å². The number of nitrogens with zero attached hydrogens (tertiary/aromatic N) is 1. The maximum absolute atomic E-state index is 13.8. The largest absolute Gasteiger partial charge is 1.00 e. The smallest absolute Gasteiger partial charge is 0.550 e. The molecule has 1 unspecified atom stereocenters. The first kappa shape index (κ1) is 28.7. The maximum Gasteiger partial charge on any atom is 1.00 e. The fourth-order valence-electron chi connectivity index (χ4n) is 4.97. The Morgan fingerprint density at radius 3 is 2.63 bits per heavy atom. The van der Waals surface area contributed by atoms with Gasteiger partial charge in [-0.05, 0) is 95.5 Å². The third-order valence-electron chi connectivity index (χ3n) is 6.79. The number of alkyl halides is 3. The molecule has 0 radical (unpaired) electrons. The van der Waals surface area contributed by atoms with Crippen LogP contribution in [-0.4, -0.2) is 16.7 Å². The van der Waals surface area contributed by atoms with E-state index in [0.717, 1.165) is 53.4 Å². The number of halogens is 3. The standard InChI is InChI=1S/C30H26F3NO2S.Na/c31-30(32,33)26-6-3-5-24-23(26)15-12-20-10-8-19(18-25(20)29(24)37-17-16-28(35)36)9-13-22-14-11-21-4-1-2-7-27(21)34-22;/h3,5-6,8-15,18,29H,1-2,4,7,16-17H2,(H,35,36);/q;+1/p-1/b13-9+;. The Morgan fingerprint density at radius 2 is 1.84 bits per heavy atom. The molecular formula is C30H25F3NNaO2S. The van der Waals surface area contributed by atoms with Gasteiger partial charge in [0.2, 0.25) is 0 Å². The maximum atomic E-state index is 13.8. The summed E-state index contributed by atoms with van der Waals surface area (Å²) in [5.41, 5.74) is 5.83. The molecule has 0 aliphatic heterocycles. The molecule has 2 aliphatic carbocycles. The fraction of sp³-hybridized carbons (Fsp3) is 0.267. The molecule has 3 aromatic rings. The van der Waals surface area contributed by atoms with E-state index in [0.29, 0.717) is 5.56 Å². The van der Waals surface area contributed by atoms with Crippen LogP contribution in [-0.2, 0) is 23.8 Å². The van der Waals surface area contributed by atoms with Crippen LogP contribution in [0.25, 0.3) is 24.3 Å². The molecule has 8 heteroatoms. The summed E-state index contributed by atoms with van der Waals surface area (Å²) in [4.78, 5) is 15.8. The van der Waals surface area contributed by atoms with Crippen LogP contribution in [0.2, 0.25) is 0 Å². The average molecular weight is 544 g/mol. The van der Waals surface area contributed by atoms with Crippen molar-refractivity contribution in [2.75, 3.05) is 5.75 Å². The minimum absolute atomic E-state index is 0. The summed E-state index contributed by atoms with van der Waals surface area (Å²) in [7, 11) is 0. The number of hydrogen-bond donors (Lipinski definition) is 0. The predicted molar refractivity (Wildman–Crippen MR) is 141 cm³/mol. The number of carbonyl (C=O) groups is 1. The van der Waals surface area contributed by atoms with E-state index in [1.165, 1.54) is 35.9 Å². The zero-order chi connectivity index (χ0) is 26.0. The first-order valence-corrected chi connectivity index (χ1v) is 13.3. The summed E-state index contributed by atoms with van der Waals surface area (Å²) < 4.78 is 41.4. The summed E-state index contributed by atoms with van der Waals surface area (Å²) in [5.74, 6) is -0.959. The molecular weight excluding hydrogens is 518 g/mol. The van der Waals surface area contributed by atoms with Crippen LogP contribution in [0.1, 0.15) is 74.8 Å². The predicted octanol–water partition coefficient (Wildman–Crippen LogP) is 3.60. The molecule has 0 amide bonds. The second-order valence-corrected chi connectivity index (χ2v) is 10.5. The number of fused-ring (bicyclic) bond motifs is 3. The molecule has 1 atom stereocenters. The molecule has 0 saturated carbocycles. The number of carbonyl (C=O) groups excluding carboxylic acids is 1. The summed E-state index contributed by atoms with van der Waals surface area (Å²) in [6.45, 7) is 0. The summed E-state index contributed by atoms with van der Waals surface area (Å²) in [6.07, 6.45) is 6.88. The number of aromatic nitrogens is 1. The first-order valence-electron chi connectivity index (χ1n) is 12.3. The molecule has 0 spiro atoms. The number of thioether (sulfide) groups is 1. The van der Waals surface area contributed by atoms with Crippen LogP contribution in [0.5, 0.6) is 0 Å². The summed E-state index contributed by atoms with van der Waals surface area (Å²) in [6, 6.07) is 14.2. The molecule has 1 heterocycles. The molecule has 190 valence electrons. The van der Waals surface area contributed by atoms with Gasteiger partial charge in [-0.25, -0.2) is 0 Å². The van der Waals surface area contributed by atoms with Crippen molar-refractivity contribution in [3.05, 3.63) is 98.9 Å². The van der Waals surface area contributed by atoms with E-state index in [4.69, 9.17) is 4.98 Å². The third kappa shape index (κ3) is 6.45. The molecule has 2 aliphatic rings. The van der Waals surface area contributed by atoms with Gasteiger partial charge in [0.1, 0.15) is 0 Å². The minimum Gasteiger partial charge on any atom is -0.550 e. The van der Waals surface area contributed by atoms with Gasteiger partial charge in [0.25, 0.3) is 0 Å². The molecule has 0 fully saturated rings. The Balaban J connectivity index is 0.00000336. The summed E-state index contributed by atoms with van der Waals surface area (Å²) in [5, 5.41) is 10.6. The van der Waals surface area contributed by atoms with Gasteiger partial charge < -0.3 is 9.90 Å².